The zero-order valence-corrected chi connectivity index (χ0v) is 9.18. The predicted octanol–water partition coefficient (Wildman–Crippen LogP) is 3.00. The van der Waals surface area contributed by atoms with Gasteiger partial charge in [0, 0.05) is 12.8 Å². The number of carbonyl (C=O) groups excluding carboxylic acids is 1. The zero-order chi connectivity index (χ0) is 10.8. The minimum absolute atomic E-state index is 0.108. The van der Waals surface area contributed by atoms with Gasteiger partial charge in [-0.2, -0.15) is 5.26 Å². The van der Waals surface area contributed by atoms with Crippen LogP contribution in [0.15, 0.2) is 11.1 Å². The van der Waals surface area contributed by atoms with Crippen LogP contribution in [0.2, 0.25) is 0 Å². The van der Waals surface area contributed by atoms with E-state index in [-0.39, 0.29) is 11.2 Å². The largest absolute Gasteiger partial charge is 0.295 e. The molecule has 0 heterocycles. The zero-order valence-electron chi connectivity index (χ0n) is 9.18. The monoisotopic (exact) mass is 191 g/mol. The Hall–Kier alpha value is -1.10. The number of carbonyl (C=O) groups is 1. The van der Waals surface area contributed by atoms with E-state index in [0.29, 0.717) is 19.3 Å². The van der Waals surface area contributed by atoms with Crippen molar-refractivity contribution in [3.05, 3.63) is 11.1 Å². The van der Waals surface area contributed by atoms with Gasteiger partial charge in [0.25, 0.3) is 0 Å². The first-order valence-corrected chi connectivity index (χ1v) is 5.05. The molecule has 0 aromatic heterocycles. The molecule has 0 N–H and O–H groups in total. The third-order valence-corrected chi connectivity index (χ3v) is 2.72. The fourth-order valence-corrected chi connectivity index (χ4v) is 2.20. The SMILES string of the molecule is CC1=C(CCC#N)C(=O)CC(C)(C)C1. The summed E-state index contributed by atoms with van der Waals surface area (Å²) < 4.78 is 0. The quantitative estimate of drug-likeness (QED) is 0.673. The van der Waals surface area contributed by atoms with Crippen LogP contribution in [0.25, 0.3) is 0 Å². The van der Waals surface area contributed by atoms with Crippen LogP contribution in [-0.2, 0) is 4.79 Å². The van der Waals surface area contributed by atoms with Crippen molar-refractivity contribution in [3.8, 4) is 6.07 Å². The van der Waals surface area contributed by atoms with Crippen LogP contribution in [0.3, 0.4) is 0 Å². The van der Waals surface area contributed by atoms with Gasteiger partial charge in [-0.05, 0) is 30.8 Å². The van der Waals surface area contributed by atoms with Crippen LogP contribution in [0.4, 0.5) is 0 Å². The third kappa shape index (κ3) is 2.45. The lowest BCUT2D eigenvalue weighted by Gasteiger charge is -2.30. The van der Waals surface area contributed by atoms with Gasteiger partial charge in [-0.25, -0.2) is 0 Å². The number of nitrogens with zero attached hydrogens (tertiary/aromatic N) is 1. The predicted molar refractivity (Wildman–Crippen MR) is 55.6 cm³/mol. The van der Waals surface area contributed by atoms with E-state index in [0.717, 1.165) is 12.0 Å². The molecule has 0 bridgehead atoms. The fraction of sp³-hybridized carbons (Fsp3) is 0.667. The molecule has 0 saturated heterocycles. The lowest BCUT2D eigenvalue weighted by Crippen LogP contribution is -2.25. The molecule has 2 nitrogen and oxygen atoms in total. The first-order valence-electron chi connectivity index (χ1n) is 5.05. The van der Waals surface area contributed by atoms with E-state index >= 15 is 0 Å². The molecular formula is C12H17NO. The molecule has 0 atom stereocenters. The van der Waals surface area contributed by atoms with Gasteiger partial charge in [0.15, 0.2) is 5.78 Å². The van der Waals surface area contributed by atoms with E-state index in [1.165, 1.54) is 5.57 Å². The van der Waals surface area contributed by atoms with Crippen LogP contribution in [0, 0.1) is 16.7 Å². The summed E-state index contributed by atoms with van der Waals surface area (Å²) >= 11 is 0. The van der Waals surface area contributed by atoms with Crippen molar-refractivity contribution in [1.82, 2.24) is 0 Å². The Kier molecular flexibility index (Phi) is 3.10. The van der Waals surface area contributed by atoms with Crippen molar-refractivity contribution in [2.75, 3.05) is 0 Å². The van der Waals surface area contributed by atoms with Gasteiger partial charge in [0.1, 0.15) is 0 Å². The Morgan fingerprint density at radius 3 is 2.57 bits per heavy atom. The summed E-state index contributed by atoms with van der Waals surface area (Å²) in [6.45, 7) is 6.26. The highest BCUT2D eigenvalue weighted by Gasteiger charge is 2.30. The van der Waals surface area contributed by atoms with Crippen molar-refractivity contribution >= 4 is 5.78 Å². The lowest BCUT2D eigenvalue weighted by atomic mass is 9.73. The van der Waals surface area contributed by atoms with E-state index < -0.39 is 0 Å². The average Bonchev–Trinajstić information content (AvgIpc) is 2.00. The van der Waals surface area contributed by atoms with Gasteiger partial charge in [-0.1, -0.05) is 19.4 Å². The summed E-state index contributed by atoms with van der Waals surface area (Å²) in [6.07, 6.45) is 2.71. The summed E-state index contributed by atoms with van der Waals surface area (Å²) in [5, 5.41) is 8.49. The lowest BCUT2D eigenvalue weighted by molar-refractivity contribution is -0.118. The molecule has 76 valence electrons. The topological polar surface area (TPSA) is 40.9 Å². The number of hydrogen-bond acceptors (Lipinski definition) is 2. The highest BCUT2D eigenvalue weighted by Crippen LogP contribution is 2.37. The standard InChI is InChI=1S/C12H17NO/c1-9-7-12(2,3)8-11(14)10(9)5-4-6-13/h4-5,7-8H2,1-3H3. The Balaban J connectivity index is 2.83. The highest BCUT2D eigenvalue weighted by molar-refractivity contribution is 5.97. The second-order valence-corrected chi connectivity index (χ2v) is 4.86. The molecule has 0 unspecified atom stereocenters. The highest BCUT2D eigenvalue weighted by atomic mass is 16.1. The van der Waals surface area contributed by atoms with Gasteiger partial charge < -0.3 is 0 Å². The number of ketones is 1. The maximum Gasteiger partial charge on any atom is 0.159 e. The number of nitriles is 1. The second kappa shape index (κ2) is 3.96. The normalized spacial score (nSPS) is 20.9. The molecule has 0 aromatic carbocycles. The van der Waals surface area contributed by atoms with Crippen molar-refractivity contribution in [3.63, 3.8) is 0 Å². The number of rotatable bonds is 2. The Labute approximate surface area is 85.6 Å². The van der Waals surface area contributed by atoms with Crippen LogP contribution < -0.4 is 0 Å². The van der Waals surface area contributed by atoms with Gasteiger partial charge in [0.05, 0.1) is 6.07 Å². The molecule has 0 spiro atoms. The number of hydrogen-bond donors (Lipinski definition) is 0. The minimum Gasteiger partial charge on any atom is -0.295 e. The van der Waals surface area contributed by atoms with Crippen LogP contribution in [-0.4, -0.2) is 5.78 Å². The molecular weight excluding hydrogens is 174 g/mol. The molecule has 1 rings (SSSR count). The molecule has 14 heavy (non-hydrogen) atoms. The molecule has 0 amide bonds. The molecule has 0 fully saturated rings. The van der Waals surface area contributed by atoms with E-state index in [2.05, 4.69) is 19.9 Å². The van der Waals surface area contributed by atoms with Crippen LogP contribution in [0.1, 0.15) is 46.5 Å². The van der Waals surface area contributed by atoms with Gasteiger partial charge in [-0.15, -0.1) is 0 Å². The Morgan fingerprint density at radius 2 is 2.07 bits per heavy atom. The van der Waals surface area contributed by atoms with Crippen molar-refractivity contribution < 1.29 is 4.79 Å². The fourth-order valence-electron chi connectivity index (χ4n) is 2.20. The van der Waals surface area contributed by atoms with E-state index in [1.54, 1.807) is 0 Å². The summed E-state index contributed by atoms with van der Waals surface area (Å²) in [6, 6.07) is 2.09. The Bertz CT molecular complexity index is 318. The maximum absolute atomic E-state index is 11.8. The smallest absolute Gasteiger partial charge is 0.159 e. The molecule has 0 aliphatic heterocycles. The summed E-state index contributed by atoms with van der Waals surface area (Å²) in [4.78, 5) is 11.8. The average molecular weight is 191 g/mol. The Morgan fingerprint density at radius 1 is 1.43 bits per heavy atom. The summed E-state index contributed by atoms with van der Waals surface area (Å²) in [5.74, 6) is 0.244. The maximum atomic E-state index is 11.8. The van der Waals surface area contributed by atoms with Gasteiger partial charge >= 0.3 is 0 Å². The molecule has 0 radical (unpaired) electrons. The second-order valence-electron chi connectivity index (χ2n) is 4.86. The van der Waals surface area contributed by atoms with E-state index in [4.69, 9.17) is 5.26 Å². The molecule has 0 saturated carbocycles. The minimum atomic E-state index is 0.108. The molecule has 1 aliphatic rings. The van der Waals surface area contributed by atoms with E-state index in [1.807, 2.05) is 6.92 Å². The summed E-state index contributed by atoms with van der Waals surface area (Å²) in [5.41, 5.74) is 2.20. The number of Topliss-reactive ketones (excluding diaryl/α,β-unsaturated/α-hetero) is 1. The first-order chi connectivity index (χ1) is 6.46. The number of allylic oxidation sites excluding steroid dienone is 2. The van der Waals surface area contributed by atoms with Crippen molar-refractivity contribution in [2.24, 2.45) is 5.41 Å². The first kappa shape index (κ1) is 11.0. The molecule has 2 heteroatoms. The van der Waals surface area contributed by atoms with Crippen molar-refractivity contribution in [2.45, 2.75) is 46.5 Å². The van der Waals surface area contributed by atoms with Gasteiger partial charge in [-0.3, -0.25) is 4.79 Å². The van der Waals surface area contributed by atoms with Crippen molar-refractivity contribution in [1.29, 1.82) is 5.26 Å². The van der Waals surface area contributed by atoms with Gasteiger partial charge in [0.2, 0.25) is 0 Å². The van der Waals surface area contributed by atoms with Crippen LogP contribution in [0.5, 0.6) is 0 Å². The molecule has 1 aliphatic carbocycles. The van der Waals surface area contributed by atoms with E-state index in [9.17, 15) is 4.79 Å². The summed E-state index contributed by atoms with van der Waals surface area (Å²) in [7, 11) is 0. The molecule has 0 aromatic rings. The van der Waals surface area contributed by atoms with Crippen LogP contribution >= 0.6 is 0 Å². The third-order valence-electron chi connectivity index (χ3n) is 2.72.